The zero-order valence-electron chi connectivity index (χ0n) is 9.92. The highest BCUT2D eigenvalue weighted by molar-refractivity contribution is 9.09. The minimum absolute atomic E-state index is 0.530. The average molecular weight is 286 g/mol. The van der Waals surface area contributed by atoms with Crippen LogP contribution in [0, 0.1) is 5.41 Å². The van der Waals surface area contributed by atoms with Crippen molar-refractivity contribution in [3.05, 3.63) is 24.2 Å². The Bertz CT molecular complexity index is 300. The van der Waals surface area contributed by atoms with Gasteiger partial charge in [-0.3, -0.25) is 4.90 Å². The normalized spacial score (nSPS) is 18.7. The lowest BCUT2D eigenvalue weighted by atomic mass is 9.70. The van der Waals surface area contributed by atoms with Gasteiger partial charge < -0.3 is 4.42 Å². The number of furan rings is 1. The molecule has 2 nitrogen and oxygen atoms in total. The van der Waals surface area contributed by atoms with Gasteiger partial charge in [0.1, 0.15) is 5.76 Å². The summed E-state index contributed by atoms with van der Waals surface area (Å²) in [7, 11) is 0. The largest absolute Gasteiger partial charge is 0.468 e. The maximum absolute atomic E-state index is 5.41. The van der Waals surface area contributed by atoms with E-state index in [-0.39, 0.29) is 0 Å². The first-order chi connectivity index (χ1) is 7.78. The minimum Gasteiger partial charge on any atom is -0.468 e. The maximum atomic E-state index is 5.41. The Morgan fingerprint density at radius 1 is 1.50 bits per heavy atom. The summed E-state index contributed by atoms with van der Waals surface area (Å²) in [6, 6.07) is 4.02. The Labute approximate surface area is 106 Å². The molecule has 1 aliphatic rings. The predicted octanol–water partition coefficient (Wildman–Crippen LogP) is 3.67. The number of rotatable bonds is 6. The van der Waals surface area contributed by atoms with Gasteiger partial charge in [0.05, 0.1) is 12.8 Å². The third-order valence-corrected chi connectivity index (χ3v) is 4.85. The molecular formula is C13H20BrNO. The van der Waals surface area contributed by atoms with Crippen molar-refractivity contribution in [3.63, 3.8) is 0 Å². The van der Waals surface area contributed by atoms with Gasteiger partial charge in [0.2, 0.25) is 0 Å². The quantitative estimate of drug-likeness (QED) is 0.742. The van der Waals surface area contributed by atoms with Crippen LogP contribution in [-0.2, 0) is 6.54 Å². The van der Waals surface area contributed by atoms with Crippen molar-refractivity contribution < 1.29 is 4.42 Å². The SMILES string of the molecule is CCN(Cc1ccco1)CC1(CBr)CCC1. The Morgan fingerprint density at radius 3 is 2.75 bits per heavy atom. The van der Waals surface area contributed by atoms with E-state index in [2.05, 4.69) is 33.8 Å². The Morgan fingerprint density at radius 2 is 2.31 bits per heavy atom. The summed E-state index contributed by atoms with van der Waals surface area (Å²) in [6.07, 6.45) is 5.89. The number of nitrogens with zero attached hydrogens (tertiary/aromatic N) is 1. The number of halogens is 1. The van der Waals surface area contributed by atoms with E-state index in [9.17, 15) is 0 Å². The van der Waals surface area contributed by atoms with Gasteiger partial charge in [-0.05, 0) is 36.9 Å². The van der Waals surface area contributed by atoms with Crippen LogP contribution in [0.5, 0.6) is 0 Å². The van der Waals surface area contributed by atoms with Crippen molar-refractivity contribution in [3.8, 4) is 0 Å². The van der Waals surface area contributed by atoms with Crippen molar-refractivity contribution >= 4 is 15.9 Å². The zero-order chi connectivity index (χ0) is 11.4. The van der Waals surface area contributed by atoms with Gasteiger partial charge in [-0.15, -0.1) is 0 Å². The van der Waals surface area contributed by atoms with Crippen molar-refractivity contribution in [2.45, 2.75) is 32.7 Å². The van der Waals surface area contributed by atoms with Gasteiger partial charge in [-0.1, -0.05) is 29.3 Å². The molecule has 90 valence electrons. The van der Waals surface area contributed by atoms with E-state index >= 15 is 0 Å². The molecule has 16 heavy (non-hydrogen) atoms. The molecule has 1 aromatic rings. The monoisotopic (exact) mass is 285 g/mol. The lowest BCUT2D eigenvalue weighted by Gasteiger charge is -2.43. The fourth-order valence-corrected chi connectivity index (χ4v) is 3.13. The molecule has 1 fully saturated rings. The molecule has 1 aliphatic carbocycles. The second-order valence-corrected chi connectivity index (χ2v) is 5.43. The molecule has 0 radical (unpaired) electrons. The molecule has 0 aliphatic heterocycles. The van der Waals surface area contributed by atoms with Gasteiger partial charge in [-0.2, -0.15) is 0 Å². The first-order valence-corrected chi connectivity index (χ1v) is 7.21. The molecule has 1 heterocycles. The Hall–Kier alpha value is -0.280. The summed E-state index contributed by atoms with van der Waals surface area (Å²) in [4.78, 5) is 2.49. The summed E-state index contributed by atoms with van der Waals surface area (Å²) in [6.45, 7) is 5.45. The lowest BCUT2D eigenvalue weighted by Crippen LogP contribution is -2.43. The van der Waals surface area contributed by atoms with Crippen molar-refractivity contribution in [2.75, 3.05) is 18.4 Å². The third kappa shape index (κ3) is 2.69. The predicted molar refractivity (Wildman–Crippen MR) is 69.7 cm³/mol. The fraction of sp³-hybridized carbons (Fsp3) is 0.692. The molecule has 0 spiro atoms. The van der Waals surface area contributed by atoms with E-state index in [1.807, 2.05) is 6.07 Å². The molecule has 0 aromatic carbocycles. The van der Waals surface area contributed by atoms with Crippen molar-refractivity contribution in [1.29, 1.82) is 0 Å². The van der Waals surface area contributed by atoms with Crippen LogP contribution >= 0.6 is 15.9 Å². The van der Waals surface area contributed by atoms with Gasteiger partial charge in [0.25, 0.3) is 0 Å². The molecule has 1 saturated carbocycles. The fourth-order valence-electron chi connectivity index (χ4n) is 2.39. The number of alkyl halides is 1. The number of hydrogen-bond donors (Lipinski definition) is 0. The van der Waals surface area contributed by atoms with Crippen LogP contribution < -0.4 is 0 Å². The first kappa shape index (κ1) is 12.2. The zero-order valence-corrected chi connectivity index (χ0v) is 11.5. The van der Waals surface area contributed by atoms with Crippen LogP contribution in [0.3, 0.4) is 0 Å². The number of hydrogen-bond acceptors (Lipinski definition) is 2. The summed E-state index contributed by atoms with van der Waals surface area (Å²) >= 11 is 3.67. The molecule has 2 rings (SSSR count). The molecule has 0 saturated heterocycles. The van der Waals surface area contributed by atoms with E-state index in [0.717, 1.165) is 24.2 Å². The smallest absolute Gasteiger partial charge is 0.117 e. The van der Waals surface area contributed by atoms with Crippen LogP contribution in [0.1, 0.15) is 31.9 Å². The van der Waals surface area contributed by atoms with Gasteiger partial charge in [0, 0.05) is 11.9 Å². The first-order valence-electron chi connectivity index (χ1n) is 6.09. The summed E-state index contributed by atoms with van der Waals surface area (Å²) in [5.74, 6) is 1.07. The molecule has 1 aromatic heterocycles. The van der Waals surface area contributed by atoms with Crippen LogP contribution in [0.2, 0.25) is 0 Å². The molecule has 0 N–H and O–H groups in total. The molecule has 0 atom stereocenters. The molecular weight excluding hydrogens is 266 g/mol. The summed E-state index contributed by atoms with van der Waals surface area (Å²) < 4.78 is 5.41. The van der Waals surface area contributed by atoms with Crippen LogP contribution in [0.4, 0.5) is 0 Å². The standard InChI is InChI=1S/C13H20BrNO/c1-2-15(9-12-5-3-8-16-12)11-13(10-14)6-4-7-13/h3,5,8H,2,4,6-7,9-11H2,1H3. The maximum Gasteiger partial charge on any atom is 0.117 e. The minimum atomic E-state index is 0.530. The van der Waals surface area contributed by atoms with Crippen LogP contribution in [0.25, 0.3) is 0 Å². The summed E-state index contributed by atoms with van der Waals surface area (Å²) in [5, 5.41) is 1.13. The Balaban J connectivity index is 1.90. The van der Waals surface area contributed by atoms with Gasteiger partial charge in [-0.25, -0.2) is 0 Å². The molecule has 0 bridgehead atoms. The lowest BCUT2D eigenvalue weighted by molar-refractivity contribution is 0.0861. The molecule has 0 unspecified atom stereocenters. The van der Waals surface area contributed by atoms with E-state index in [1.165, 1.54) is 25.8 Å². The highest BCUT2D eigenvalue weighted by atomic mass is 79.9. The molecule has 0 amide bonds. The van der Waals surface area contributed by atoms with Crippen molar-refractivity contribution in [2.24, 2.45) is 5.41 Å². The van der Waals surface area contributed by atoms with Gasteiger partial charge in [0.15, 0.2) is 0 Å². The summed E-state index contributed by atoms with van der Waals surface area (Å²) in [5.41, 5.74) is 0.530. The Kier molecular flexibility index (Phi) is 4.09. The van der Waals surface area contributed by atoms with E-state index in [4.69, 9.17) is 4.42 Å². The van der Waals surface area contributed by atoms with E-state index in [0.29, 0.717) is 5.41 Å². The topological polar surface area (TPSA) is 16.4 Å². The van der Waals surface area contributed by atoms with E-state index < -0.39 is 0 Å². The molecule has 3 heteroatoms. The second kappa shape index (κ2) is 5.37. The highest BCUT2D eigenvalue weighted by Gasteiger charge is 2.37. The van der Waals surface area contributed by atoms with Crippen molar-refractivity contribution in [1.82, 2.24) is 4.90 Å². The second-order valence-electron chi connectivity index (χ2n) is 4.87. The van der Waals surface area contributed by atoms with Crippen LogP contribution in [0.15, 0.2) is 22.8 Å². The average Bonchev–Trinajstić information content (AvgIpc) is 2.74. The van der Waals surface area contributed by atoms with Gasteiger partial charge >= 0.3 is 0 Å². The van der Waals surface area contributed by atoms with Crippen LogP contribution in [-0.4, -0.2) is 23.3 Å². The third-order valence-electron chi connectivity index (χ3n) is 3.66. The van der Waals surface area contributed by atoms with E-state index in [1.54, 1.807) is 6.26 Å². The highest BCUT2D eigenvalue weighted by Crippen LogP contribution is 2.43.